The number of nitrogens with zero attached hydrogens (tertiary/aromatic N) is 3. The number of halogens is 3. The van der Waals surface area contributed by atoms with Gasteiger partial charge in [-0.15, -0.1) is 11.8 Å². The van der Waals surface area contributed by atoms with Gasteiger partial charge in [0.05, 0.1) is 18.0 Å². The monoisotopic (exact) mass is 468 g/mol. The van der Waals surface area contributed by atoms with Crippen molar-refractivity contribution in [1.29, 1.82) is 0 Å². The first-order chi connectivity index (χ1) is 15.0. The van der Waals surface area contributed by atoms with E-state index in [9.17, 15) is 8.78 Å². The van der Waals surface area contributed by atoms with Gasteiger partial charge in [0, 0.05) is 24.7 Å². The van der Waals surface area contributed by atoms with Gasteiger partial charge in [0.2, 0.25) is 0 Å². The van der Waals surface area contributed by atoms with E-state index in [-0.39, 0.29) is 11.0 Å². The van der Waals surface area contributed by atoms with E-state index in [0.29, 0.717) is 36.5 Å². The number of methoxy groups -OCH3 is 1. The summed E-state index contributed by atoms with van der Waals surface area (Å²) in [6.45, 7) is 1.02. The molecule has 6 nitrogen and oxygen atoms in total. The maximum absolute atomic E-state index is 13.9. The number of hydrogen-bond donors (Lipinski definition) is 1. The summed E-state index contributed by atoms with van der Waals surface area (Å²) in [5, 5.41) is 3.50. The summed E-state index contributed by atoms with van der Waals surface area (Å²) in [6.07, 6.45) is 1.10. The molecule has 1 unspecified atom stereocenters. The first-order valence-corrected chi connectivity index (χ1v) is 11.5. The lowest BCUT2D eigenvalue weighted by Crippen LogP contribution is -2.20. The zero-order valence-corrected chi connectivity index (χ0v) is 18.8. The van der Waals surface area contributed by atoms with Gasteiger partial charge in [-0.1, -0.05) is 17.7 Å². The van der Waals surface area contributed by atoms with Crippen LogP contribution in [0.3, 0.4) is 0 Å². The second kappa shape index (κ2) is 9.68. The highest BCUT2D eigenvalue weighted by Gasteiger charge is 2.28. The minimum Gasteiger partial charge on any atom is -0.380 e. The molecule has 31 heavy (non-hydrogen) atoms. The fourth-order valence-electron chi connectivity index (χ4n) is 3.75. The molecule has 0 saturated carbocycles. The average Bonchev–Trinajstić information content (AvgIpc) is 3.15. The highest BCUT2D eigenvalue weighted by molar-refractivity contribution is 7.98. The zero-order valence-electron chi connectivity index (χ0n) is 17.2. The van der Waals surface area contributed by atoms with E-state index in [1.54, 1.807) is 24.9 Å². The minimum absolute atomic E-state index is 0.189. The molecule has 1 saturated heterocycles. The van der Waals surface area contributed by atoms with Crippen molar-refractivity contribution in [2.45, 2.75) is 43.4 Å². The summed E-state index contributed by atoms with van der Waals surface area (Å²) in [6, 6.07) is 7.50. The Bertz CT molecular complexity index is 1070. The van der Waals surface area contributed by atoms with E-state index in [4.69, 9.17) is 21.1 Å². The summed E-state index contributed by atoms with van der Waals surface area (Å²) in [4.78, 5) is 9.56. The number of anilines is 2. The van der Waals surface area contributed by atoms with Gasteiger partial charge in [-0.25, -0.2) is 18.7 Å². The molecule has 0 bridgehead atoms. The molecule has 1 aliphatic rings. The molecule has 1 fully saturated rings. The van der Waals surface area contributed by atoms with Crippen LogP contribution in [0.15, 0.2) is 29.2 Å². The number of aromatic nitrogens is 3. The van der Waals surface area contributed by atoms with Gasteiger partial charge in [0.25, 0.3) is 6.43 Å². The Morgan fingerprint density at radius 2 is 2.13 bits per heavy atom. The molecular weight excluding hydrogens is 446 g/mol. The number of benzene rings is 1. The Hall–Kier alpha value is -1.94. The van der Waals surface area contributed by atoms with E-state index >= 15 is 0 Å². The molecule has 10 heteroatoms. The van der Waals surface area contributed by atoms with Gasteiger partial charge in [-0.05, 0) is 43.2 Å². The molecule has 4 rings (SSSR count). The van der Waals surface area contributed by atoms with Gasteiger partial charge >= 0.3 is 0 Å². The fraction of sp³-hybridized carbons (Fsp3) is 0.429. The predicted molar refractivity (Wildman–Crippen MR) is 119 cm³/mol. The van der Waals surface area contributed by atoms with Crippen LogP contribution in [0, 0.1) is 0 Å². The number of ether oxygens (including phenoxy) is 2. The molecule has 1 N–H and O–H groups in total. The van der Waals surface area contributed by atoms with Crippen LogP contribution in [-0.2, 0) is 16.1 Å². The fourth-order valence-corrected chi connectivity index (χ4v) is 4.55. The lowest BCUT2D eigenvalue weighted by atomic mass is 10.2. The average molecular weight is 469 g/mol. The molecule has 3 heterocycles. The van der Waals surface area contributed by atoms with Crippen LogP contribution in [0.4, 0.5) is 20.2 Å². The molecular formula is C21H23ClF2N4O2S. The van der Waals surface area contributed by atoms with E-state index in [0.717, 1.165) is 29.0 Å². The van der Waals surface area contributed by atoms with Crippen molar-refractivity contribution in [3.63, 3.8) is 0 Å². The van der Waals surface area contributed by atoms with Gasteiger partial charge in [-0.3, -0.25) is 4.57 Å². The molecule has 0 radical (unpaired) electrons. The van der Waals surface area contributed by atoms with Crippen LogP contribution in [-0.4, -0.2) is 34.5 Å². The van der Waals surface area contributed by atoms with Crippen LogP contribution in [0.25, 0.3) is 11.2 Å². The molecule has 3 aromatic rings. The molecule has 1 aromatic carbocycles. The standard InChI is InChI=1S/C21H23ClF2N4O2S/c1-29-11-12-6-7-13(15(9-12)31-2)25-14-10-16(22)26-20-18(14)27-21(19(23)24)28(20)17-5-3-4-8-30-17/h6-7,9-10,17,19H,3-5,8,11H2,1-2H3,(H,25,26). The van der Waals surface area contributed by atoms with Crippen molar-refractivity contribution in [2.75, 3.05) is 25.3 Å². The van der Waals surface area contributed by atoms with Crippen molar-refractivity contribution in [3.05, 3.63) is 40.8 Å². The van der Waals surface area contributed by atoms with Crippen LogP contribution in [0.5, 0.6) is 0 Å². The lowest BCUT2D eigenvalue weighted by molar-refractivity contribution is -0.0363. The Labute approximate surface area is 188 Å². The Morgan fingerprint density at radius 3 is 2.81 bits per heavy atom. The number of pyridine rings is 1. The topological polar surface area (TPSA) is 61.2 Å². The van der Waals surface area contributed by atoms with Crippen LogP contribution >= 0.6 is 23.4 Å². The molecule has 1 aliphatic heterocycles. The SMILES string of the molecule is COCc1ccc(Nc2cc(Cl)nc3c2nc(C(F)F)n3C2CCCCO2)c(SC)c1. The summed E-state index contributed by atoms with van der Waals surface area (Å²) in [7, 11) is 1.65. The summed E-state index contributed by atoms with van der Waals surface area (Å²) in [5.74, 6) is -0.361. The first kappa shape index (κ1) is 22.3. The Morgan fingerprint density at radius 1 is 1.29 bits per heavy atom. The van der Waals surface area contributed by atoms with Crippen LogP contribution < -0.4 is 5.32 Å². The number of nitrogens with one attached hydrogen (secondary N) is 1. The maximum atomic E-state index is 13.9. The number of thioether (sulfide) groups is 1. The summed E-state index contributed by atoms with van der Waals surface area (Å²) in [5.41, 5.74) is 2.99. The zero-order chi connectivity index (χ0) is 22.0. The van der Waals surface area contributed by atoms with E-state index in [2.05, 4.69) is 15.3 Å². The van der Waals surface area contributed by atoms with Gasteiger partial charge in [0.15, 0.2) is 11.5 Å². The highest BCUT2D eigenvalue weighted by Crippen LogP contribution is 2.37. The normalized spacial score (nSPS) is 16.9. The van der Waals surface area contributed by atoms with Crippen LogP contribution in [0.2, 0.25) is 5.15 Å². The van der Waals surface area contributed by atoms with Crippen molar-refractivity contribution in [2.24, 2.45) is 0 Å². The molecule has 1 atom stereocenters. The molecule has 0 spiro atoms. The Balaban J connectivity index is 1.80. The number of rotatable bonds is 7. The van der Waals surface area contributed by atoms with Gasteiger partial charge in [0.1, 0.15) is 16.9 Å². The van der Waals surface area contributed by atoms with Crippen molar-refractivity contribution in [1.82, 2.24) is 14.5 Å². The quantitative estimate of drug-likeness (QED) is 0.323. The van der Waals surface area contributed by atoms with Gasteiger partial charge < -0.3 is 14.8 Å². The molecule has 0 aliphatic carbocycles. The Kier molecular flexibility index (Phi) is 6.95. The van der Waals surface area contributed by atoms with Crippen LogP contribution in [0.1, 0.15) is 43.3 Å². The van der Waals surface area contributed by atoms with E-state index in [1.807, 2.05) is 24.5 Å². The molecule has 0 amide bonds. The second-order valence-electron chi connectivity index (χ2n) is 7.22. The summed E-state index contributed by atoms with van der Waals surface area (Å²) < 4.78 is 40.1. The van der Waals surface area contributed by atoms with E-state index < -0.39 is 12.7 Å². The molecule has 166 valence electrons. The highest BCUT2D eigenvalue weighted by atomic mass is 35.5. The van der Waals surface area contributed by atoms with Crippen molar-refractivity contribution >= 4 is 45.9 Å². The largest absolute Gasteiger partial charge is 0.380 e. The third-order valence-corrected chi connectivity index (χ3v) is 6.10. The number of alkyl halides is 2. The maximum Gasteiger partial charge on any atom is 0.295 e. The number of fused-ring (bicyclic) bond motifs is 1. The third-order valence-electron chi connectivity index (χ3n) is 5.13. The smallest absolute Gasteiger partial charge is 0.295 e. The summed E-state index contributed by atoms with van der Waals surface area (Å²) >= 11 is 7.86. The van der Waals surface area contributed by atoms with E-state index in [1.165, 1.54) is 4.57 Å². The number of imidazole rings is 1. The molecule has 2 aromatic heterocycles. The predicted octanol–water partition coefficient (Wildman–Crippen LogP) is 6.33. The van der Waals surface area contributed by atoms with Crippen molar-refractivity contribution in [3.8, 4) is 0 Å². The van der Waals surface area contributed by atoms with Crippen molar-refractivity contribution < 1.29 is 18.3 Å². The number of hydrogen-bond acceptors (Lipinski definition) is 6. The minimum atomic E-state index is -2.76. The lowest BCUT2D eigenvalue weighted by Gasteiger charge is -2.25. The second-order valence-corrected chi connectivity index (χ2v) is 8.45. The van der Waals surface area contributed by atoms with Gasteiger partial charge in [-0.2, -0.15) is 0 Å². The first-order valence-electron chi connectivity index (χ1n) is 9.92. The third kappa shape index (κ3) is 4.64.